The minimum Gasteiger partial charge on any atom is -0.494 e. The fourth-order valence-electron chi connectivity index (χ4n) is 1.69. The van der Waals surface area contributed by atoms with E-state index >= 15 is 0 Å². The van der Waals surface area contributed by atoms with Gasteiger partial charge in [0.2, 0.25) is 0 Å². The lowest BCUT2D eigenvalue weighted by atomic mass is 9.86. The van der Waals surface area contributed by atoms with Gasteiger partial charge in [-0.3, -0.25) is 0 Å². The molecular weight excluding hydrogens is 212 g/mol. The summed E-state index contributed by atoms with van der Waals surface area (Å²) in [6.07, 6.45) is 2.41. The van der Waals surface area contributed by atoms with Gasteiger partial charge in [0.15, 0.2) is 0 Å². The average molecular weight is 234 g/mol. The number of hydrogen-bond donors (Lipinski definition) is 1. The van der Waals surface area contributed by atoms with E-state index in [1.54, 1.807) is 13.0 Å². The first-order valence-electron chi connectivity index (χ1n) is 6.07. The summed E-state index contributed by atoms with van der Waals surface area (Å²) in [6, 6.07) is 8.01. The van der Waals surface area contributed by atoms with Gasteiger partial charge in [0, 0.05) is 0 Å². The van der Waals surface area contributed by atoms with E-state index in [1.807, 2.05) is 32.0 Å². The largest absolute Gasteiger partial charge is 0.494 e. The summed E-state index contributed by atoms with van der Waals surface area (Å²) in [5, 5.41) is 10.1. The van der Waals surface area contributed by atoms with Crippen molar-refractivity contribution in [3.63, 3.8) is 0 Å². The van der Waals surface area contributed by atoms with Crippen LogP contribution in [0.25, 0.3) is 0 Å². The molecule has 2 atom stereocenters. The summed E-state index contributed by atoms with van der Waals surface area (Å²) in [4.78, 5) is 0. The summed E-state index contributed by atoms with van der Waals surface area (Å²) in [7, 11) is 0. The minimum atomic E-state index is -0.832. The Hall–Kier alpha value is -1.28. The molecular formula is C15H22O2. The number of rotatable bonds is 6. The third-order valence-electron chi connectivity index (χ3n) is 3.16. The van der Waals surface area contributed by atoms with Crippen LogP contribution in [0.15, 0.2) is 36.9 Å². The van der Waals surface area contributed by atoms with Gasteiger partial charge >= 0.3 is 0 Å². The molecule has 94 valence electrons. The first kappa shape index (κ1) is 13.8. The highest BCUT2D eigenvalue weighted by molar-refractivity contribution is 5.29. The van der Waals surface area contributed by atoms with Gasteiger partial charge in [-0.1, -0.05) is 25.1 Å². The molecule has 0 saturated heterocycles. The van der Waals surface area contributed by atoms with Crippen LogP contribution in [0.1, 0.15) is 26.3 Å². The molecule has 1 rings (SSSR count). The lowest BCUT2D eigenvalue weighted by Gasteiger charge is -2.26. The van der Waals surface area contributed by atoms with Gasteiger partial charge in [-0.15, -0.1) is 6.58 Å². The molecule has 0 radical (unpaired) electrons. The zero-order valence-corrected chi connectivity index (χ0v) is 10.9. The third-order valence-corrected chi connectivity index (χ3v) is 3.16. The minimum absolute atomic E-state index is 0.122. The normalized spacial score (nSPS) is 16.0. The van der Waals surface area contributed by atoms with Gasteiger partial charge in [0.1, 0.15) is 5.75 Å². The van der Waals surface area contributed by atoms with Gasteiger partial charge in [-0.05, 0) is 43.9 Å². The Bertz CT molecular complexity index is 369. The van der Waals surface area contributed by atoms with Crippen molar-refractivity contribution in [2.24, 2.45) is 5.92 Å². The smallest absolute Gasteiger partial charge is 0.119 e. The van der Waals surface area contributed by atoms with Gasteiger partial charge in [0.05, 0.1) is 12.2 Å². The summed E-state index contributed by atoms with van der Waals surface area (Å²) >= 11 is 0. The second-order valence-electron chi connectivity index (χ2n) is 4.62. The number of ether oxygens (including phenoxy) is 1. The summed E-state index contributed by atoms with van der Waals surface area (Å²) in [6.45, 7) is 10.1. The molecule has 17 heavy (non-hydrogen) atoms. The summed E-state index contributed by atoms with van der Waals surface area (Å²) in [5.41, 5.74) is 0.340. The van der Waals surface area contributed by atoms with E-state index in [4.69, 9.17) is 4.74 Å². The number of hydrogen-bond acceptors (Lipinski definition) is 2. The van der Waals surface area contributed by atoms with E-state index < -0.39 is 5.60 Å². The maximum absolute atomic E-state index is 10.1. The molecule has 0 heterocycles. The van der Waals surface area contributed by atoms with E-state index in [0.717, 1.165) is 12.2 Å². The second-order valence-corrected chi connectivity index (χ2v) is 4.62. The molecule has 2 nitrogen and oxygen atoms in total. The maximum atomic E-state index is 10.1. The van der Waals surface area contributed by atoms with E-state index in [2.05, 4.69) is 12.6 Å². The van der Waals surface area contributed by atoms with E-state index in [-0.39, 0.29) is 5.92 Å². The highest BCUT2D eigenvalue weighted by Crippen LogP contribution is 2.24. The highest BCUT2D eigenvalue weighted by Gasteiger charge is 2.24. The molecule has 0 saturated carbocycles. The predicted octanol–water partition coefficient (Wildman–Crippen LogP) is 3.20. The lowest BCUT2D eigenvalue weighted by molar-refractivity contribution is 0.0548. The van der Waals surface area contributed by atoms with Crippen molar-refractivity contribution in [3.05, 3.63) is 42.5 Å². The molecule has 0 bridgehead atoms. The molecule has 1 aromatic rings. The standard InChI is InChI=1S/C15H22O2/c1-5-15(4,16)12(3)10-13-8-7-9-14(11-13)17-6-2/h5,7-9,11-12,16H,1,6,10H2,2-4H3. The zero-order valence-electron chi connectivity index (χ0n) is 10.9. The topological polar surface area (TPSA) is 29.5 Å². The molecule has 0 amide bonds. The van der Waals surface area contributed by atoms with Crippen LogP contribution in [-0.4, -0.2) is 17.3 Å². The van der Waals surface area contributed by atoms with Crippen LogP contribution in [0, 0.1) is 5.92 Å². The van der Waals surface area contributed by atoms with Crippen molar-refractivity contribution in [2.45, 2.75) is 32.8 Å². The number of benzene rings is 1. The molecule has 0 aliphatic rings. The monoisotopic (exact) mass is 234 g/mol. The van der Waals surface area contributed by atoms with Gasteiger partial charge in [0.25, 0.3) is 0 Å². The molecule has 2 unspecified atom stereocenters. The Balaban J connectivity index is 2.74. The summed E-state index contributed by atoms with van der Waals surface area (Å²) in [5.74, 6) is 1.01. The molecule has 0 aliphatic carbocycles. The van der Waals surface area contributed by atoms with Crippen LogP contribution >= 0.6 is 0 Å². The SMILES string of the molecule is C=CC(C)(O)C(C)Cc1cccc(OCC)c1. The van der Waals surface area contributed by atoms with Crippen molar-refractivity contribution in [1.29, 1.82) is 0 Å². The maximum Gasteiger partial charge on any atom is 0.119 e. The molecule has 0 aliphatic heterocycles. The quantitative estimate of drug-likeness (QED) is 0.766. The predicted molar refractivity (Wildman–Crippen MR) is 71.3 cm³/mol. The zero-order chi connectivity index (χ0) is 12.9. The van der Waals surface area contributed by atoms with Crippen molar-refractivity contribution >= 4 is 0 Å². The van der Waals surface area contributed by atoms with Gasteiger partial charge in [-0.25, -0.2) is 0 Å². The van der Waals surface area contributed by atoms with Crippen molar-refractivity contribution in [2.75, 3.05) is 6.61 Å². The average Bonchev–Trinajstić information content (AvgIpc) is 2.30. The van der Waals surface area contributed by atoms with Crippen LogP contribution in [0.3, 0.4) is 0 Å². The Labute approximate surface area is 104 Å². The lowest BCUT2D eigenvalue weighted by Crippen LogP contribution is -2.31. The Morgan fingerprint density at radius 1 is 1.53 bits per heavy atom. The van der Waals surface area contributed by atoms with Crippen LogP contribution in [0.2, 0.25) is 0 Å². The van der Waals surface area contributed by atoms with Crippen molar-refractivity contribution in [1.82, 2.24) is 0 Å². The highest BCUT2D eigenvalue weighted by atomic mass is 16.5. The Morgan fingerprint density at radius 2 is 2.24 bits per heavy atom. The van der Waals surface area contributed by atoms with Gasteiger partial charge in [-0.2, -0.15) is 0 Å². The third kappa shape index (κ3) is 3.90. The Morgan fingerprint density at radius 3 is 2.82 bits per heavy atom. The fourth-order valence-corrected chi connectivity index (χ4v) is 1.69. The first-order valence-corrected chi connectivity index (χ1v) is 6.07. The van der Waals surface area contributed by atoms with Crippen LogP contribution in [0.5, 0.6) is 5.75 Å². The van der Waals surface area contributed by atoms with Crippen LogP contribution < -0.4 is 4.74 Å². The van der Waals surface area contributed by atoms with Crippen LogP contribution in [0.4, 0.5) is 0 Å². The summed E-state index contributed by atoms with van der Waals surface area (Å²) < 4.78 is 5.46. The molecule has 0 fully saturated rings. The van der Waals surface area contributed by atoms with Gasteiger partial charge < -0.3 is 9.84 Å². The Kier molecular flexibility index (Phi) is 4.76. The molecule has 0 spiro atoms. The first-order chi connectivity index (χ1) is 7.99. The van der Waals surface area contributed by atoms with E-state index in [1.165, 1.54) is 5.56 Å². The van der Waals surface area contributed by atoms with Crippen LogP contribution in [-0.2, 0) is 6.42 Å². The van der Waals surface area contributed by atoms with E-state index in [9.17, 15) is 5.11 Å². The van der Waals surface area contributed by atoms with E-state index in [0.29, 0.717) is 6.61 Å². The molecule has 2 heteroatoms. The molecule has 1 aromatic carbocycles. The molecule has 1 N–H and O–H groups in total. The second kappa shape index (κ2) is 5.87. The molecule has 0 aromatic heterocycles. The number of aliphatic hydroxyl groups is 1. The van der Waals surface area contributed by atoms with Crippen molar-refractivity contribution < 1.29 is 9.84 Å². The van der Waals surface area contributed by atoms with Crippen molar-refractivity contribution in [3.8, 4) is 5.75 Å². The fraction of sp³-hybridized carbons (Fsp3) is 0.467.